The van der Waals surface area contributed by atoms with Crippen LogP contribution in [0.5, 0.6) is 0 Å². The highest BCUT2D eigenvalue weighted by Crippen LogP contribution is 2.20. The first kappa shape index (κ1) is 27.3. The Balaban J connectivity index is 2.34. The van der Waals surface area contributed by atoms with Gasteiger partial charge < -0.3 is 10.2 Å². The van der Waals surface area contributed by atoms with Crippen LogP contribution in [0.2, 0.25) is 0 Å². The lowest BCUT2D eigenvalue weighted by molar-refractivity contribution is -0.139. The highest BCUT2D eigenvalue weighted by molar-refractivity contribution is 7.92. The molecule has 0 fully saturated rings. The van der Waals surface area contributed by atoms with E-state index in [1.807, 2.05) is 51.1 Å². The summed E-state index contributed by atoms with van der Waals surface area (Å²) >= 11 is 0. The van der Waals surface area contributed by atoms with E-state index in [0.29, 0.717) is 19.4 Å². The fourth-order valence-electron chi connectivity index (χ4n) is 3.56. The summed E-state index contributed by atoms with van der Waals surface area (Å²) in [4.78, 5) is 27.8. The minimum Gasteiger partial charge on any atom is -0.354 e. The van der Waals surface area contributed by atoms with Gasteiger partial charge in [-0.05, 0) is 42.5 Å². The second-order valence-electron chi connectivity index (χ2n) is 8.64. The fourth-order valence-corrected chi connectivity index (χ4v) is 4.40. The van der Waals surface area contributed by atoms with E-state index < -0.39 is 34.3 Å². The molecule has 1 N–H and O–H groups in total. The van der Waals surface area contributed by atoms with Crippen molar-refractivity contribution < 1.29 is 22.4 Å². The molecule has 0 heterocycles. The number of nitrogens with one attached hydrogen (secondary N) is 1. The van der Waals surface area contributed by atoms with Crippen LogP contribution in [0.3, 0.4) is 0 Å². The lowest BCUT2D eigenvalue weighted by atomic mass is 10.1. The van der Waals surface area contributed by atoms with Gasteiger partial charge in [-0.25, -0.2) is 12.8 Å². The number of carbonyl (C=O) groups is 2. The minimum atomic E-state index is -3.89. The number of nitrogens with zero attached hydrogens (tertiary/aromatic N) is 2. The second-order valence-corrected chi connectivity index (χ2v) is 10.5. The predicted molar refractivity (Wildman–Crippen MR) is 132 cm³/mol. The highest BCUT2D eigenvalue weighted by Gasteiger charge is 2.31. The molecule has 0 saturated heterocycles. The Kier molecular flexibility index (Phi) is 10.0. The number of benzene rings is 2. The molecule has 1 atom stereocenters. The molecule has 0 saturated carbocycles. The van der Waals surface area contributed by atoms with Gasteiger partial charge in [0.2, 0.25) is 21.8 Å². The van der Waals surface area contributed by atoms with E-state index in [-0.39, 0.29) is 24.1 Å². The van der Waals surface area contributed by atoms with Gasteiger partial charge in [-0.1, -0.05) is 57.2 Å². The van der Waals surface area contributed by atoms with E-state index in [9.17, 15) is 22.4 Å². The van der Waals surface area contributed by atoms with E-state index in [1.165, 1.54) is 23.1 Å². The average Bonchev–Trinajstić information content (AvgIpc) is 2.78. The molecule has 2 aromatic rings. The Morgan fingerprint density at radius 2 is 1.74 bits per heavy atom. The molecule has 0 aliphatic carbocycles. The Morgan fingerprint density at radius 1 is 1.06 bits per heavy atom. The summed E-state index contributed by atoms with van der Waals surface area (Å²) in [6.07, 6.45) is 1.83. The number of sulfonamides is 1. The van der Waals surface area contributed by atoms with Crippen molar-refractivity contribution in [1.82, 2.24) is 10.2 Å². The number of hydrogen-bond acceptors (Lipinski definition) is 4. The molecule has 2 aromatic carbocycles. The number of rotatable bonds is 12. The maximum absolute atomic E-state index is 13.8. The normalized spacial score (nSPS) is 12.3. The van der Waals surface area contributed by atoms with Crippen LogP contribution in [0.15, 0.2) is 54.6 Å². The summed E-state index contributed by atoms with van der Waals surface area (Å²) in [7, 11) is -3.89. The molecule has 0 spiro atoms. The molecule has 0 radical (unpaired) electrons. The Bertz CT molecular complexity index is 1060. The molecule has 0 bridgehead atoms. The van der Waals surface area contributed by atoms with E-state index >= 15 is 0 Å². The van der Waals surface area contributed by atoms with Crippen molar-refractivity contribution in [3.63, 3.8) is 0 Å². The van der Waals surface area contributed by atoms with Crippen molar-refractivity contribution in [2.75, 3.05) is 30.2 Å². The summed E-state index contributed by atoms with van der Waals surface area (Å²) in [5, 5.41) is 2.88. The molecule has 0 aliphatic heterocycles. The SMILES string of the molecule is CCC(C(=O)NCC(C)C)N(CCc1ccccc1)C(=O)CN(c1cccc(F)c1)S(C)(=O)=O. The van der Waals surface area contributed by atoms with Crippen molar-refractivity contribution >= 4 is 27.5 Å². The van der Waals surface area contributed by atoms with Crippen LogP contribution in [0, 0.1) is 11.7 Å². The molecule has 2 amide bonds. The third kappa shape index (κ3) is 8.13. The van der Waals surface area contributed by atoms with Gasteiger partial charge in [-0.3, -0.25) is 13.9 Å². The molecular weight excluding hydrogens is 457 g/mol. The van der Waals surface area contributed by atoms with Gasteiger partial charge in [-0.15, -0.1) is 0 Å². The van der Waals surface area contributed by atoms with Crippen molar-refractivity contribution in [2.24, 2.45) is 5.92 Å². The zero-order valence-electron chi connectivity index (χ0n) is 20.2. The lowest BCUT2D eigenvalue weighted by Crippen LogP contribution is -2.53. The lowest BCUT2D eigenvalue weighted by Gasteiger charge is -2.33. The Morgan fingerprint density at radius 3 is 2.29 bits per heavy atom. The number of carbonyl (C=O) groups excluding carboxylic acids is 2. The van der Waals surface area contributed by atoms with Crippen LogP contribution in [-0.4, -0.2) is 57.1 Å². The van der Waals surface area contributed by atoms with Crippen LogP contribution < -0.4 is 9.62 Å². The molecule has 1 unspecified atom stereocenters. The Labute approximate surface area is 202 Å². The fraction of sp³-hybridized carbons (Fsp3) is 0.440. The number of anilines is 1. The maximum Gasteiger partial charge on any atom is 0.244 e. The molecule has 9 heteroatoms. The van der Waals surface area contributed by atoms with E-state index in [2.05, 4.69) is 5.32 Å². The number of amides is 2. The molecule has 0 aromatic heterocycles. The monoisotopic (exact) mass is 491 g/mol. The molecular formula is C25H34FN3O4S. The van der Waals surface area contributed by atoms with Gasteiger partial charge in [0.05, 0.1) is 11.9 Å². The minimum absolute atomic E-state index is 0.0520. The molecule has 0 aliphatic rings. The maximum atomic E-state index is 13.8. The number of hydrogen-bond donors (Lipinski definition) is 1. The van der Waals surface area contributed by atoms with Gasteiger partial charge in [-0.2, -0.15) is 0 Å². The topological polar surface area (TPSA) is 86.8 Å². The summed E-state index contributed by atoms with van der Waals surface area (Å²) < 4.78 is 39.6. The Hall–Kier alpha value is -2.94. The largest absolute Gasteiger partial charge is 0.354 e. The quantitative estimate of drug-likeness (QED) is 0.494. The summed E-state index contributed by atoms with van der Waals surface area (Å²) in [6, 6.07) is 13.8. The first-order valence-corrected chi connectivity index (χ1v) is 13.2. The van der Waals surface area contributed by atoms with Crippen LogP contribution in [0.4, 0.5) is 10.1 Å². The van der Waals surface area contributed by atoms with Crippen LogP contribution in [0.1, 0.15) is 32.8 Å². The van der Waals surface area contributed by atoms with Crippen molar-refractivity contribution in [1.29, 1.82) is 0 Å². The summed E-state index contributed by atoms with van der Waals surface area (Å²) in [5.41, 5.74) is 1.04. The van der Waals surface area contributed by atoms with Crippen molar-refractivity contribution in [3.05, 3.63) is 66.0 Å². The predicted octanol–water partition coefficient (Wildman–Crippen LogP) is 3.21. The van der Waals surface area contributed by atoms with E-state index in [4.69, 9.17) is 0 Å². The van der Waals surface area contributed by atoms with Gasteiger partial charge in [0, 0.05) is 13.1 Å². The van der Waals surface area contributed by atoms with Crippen LogP contribution >= 0.6 is 0 Å². The number of halogens is 1. The third-order valence-corrected chi connectivity index (χ3v) is 6.47. The van der Waals surface area contributed by atoms with Gasteiger partial charge >= 0.3 is 0 Å². The molecule has 2 rings (SSSR count). The first-order valence-electron chi connectivity index (χ1n) is 11.4. The van der Waals surface area contributed by atoms with Crippen molar-refractivity contribution in [2.45, 2.75) is 39.7 Å². The average molecular weight is 492 g/mol. The van der Waals surface area contributed by atoms with Crippen molar-refractivity contribution in [3.8, 4) is 0 Å². The molecule has 186 valence electrons. The summed E-state index contributed by atoms with van der Waals surface area (Å²) in [6.45, 7) is 5.92. The zero-order chi connectivity index (χ0) is 25.3. The van der Waals surface area contributed by atoms with Gasteiger partial charge in [0.1, 0.15) is 18.4 Å². The smallest absolute Gasteiger partial charge is 0.244 e. The van der Waals surface area contributed by atoms with Crippen LogP contribution in [-0.2, 0) is 26.0 Å². The van der Waals surface area contributed by atoms with E-state index in [0.717, 1.165) is 22.2 Å². The van der Waals surface area contributed by atoms with Gasteiger partial charge in [0.25, 0.3) is 0 Å². The first-order chi connectivity index (χ1) is 16.0. The second kappa shape index (κ2) is 12.5. The van der Waals surface area contributed by atoms with Crippen LogP contribution in [0.25, 0.3) is 0 Å². The third-order valence-electron chi connectivity index (χ3n) is 5.33. The zero-order valence-corrected chi connectivity index (χ0v) is 21.0. The summed E-state index contributed by atoms with van der Waals surface area (Å²) in [5.74, 6) is -1.19. The molecule has 7 nitrogen and oxygen atoms in total. The highest BCUT2D eigenvalue weighted by atomic mass is 32.2. The van der Waals surface area contributed by atoms with Gasteiger partial charge in [0.15, 0.2) is 0 Å². The van der Waals surface area contributed by atoms with E-state index in [1.54, 1.807) is 0 Å². The molecule has 34 heavy (non-hydrogen) atoms. The standard InChI is InChI=1S/C25H34FN3O4S/c1-5-23(25(31)27-17-19(2)3)28(15-14-20-10-7-6-8-11-20)24(30)18-29(34(4,32)33)22-13-9-12-21(26)16-22/h6-13,16,19,23H,5,14-15,17-18H2,1-4H3,(H,27,31).